The van der Waals surface area contributed by atoms with Gasteiger partial charge in [0, 0.05) is 10.4 Å². The molecule has 18 heavy (non-hydrogen) atoms. The molecule has 1 aliphatic carbocycles. The van der Waals surface area contributed by atoms with E-state index in [1.807, 2.05) is 6.07 Å². The summed E-state index contributed by atoms with van der Waals surface area (Å²) in [5.41, 5.74) is 5.41. The Bertz CT molecular complexity index is 418. The molecule has 0 amide bonds. The van der Waals surface area contributed by atoms with Crippen molar-refractivity contribution in [2.45, 2.75) is 43.8 Å². The molecular weight excluding hydrogens is 283 g/mol. The van der Waals surface area contributed by atoms with E-state index in [9.17, 15) is 13.2 Å². The van der Waals surface area contributed by atoms with Crippen molar-refractivity contribution in [3.63, 3.8) is 0 Å². The summed E-state index contributed by atoms with van der Waals surface area (Å²) in [6.07, 6.45) is -2.23. The Morgan fingerprint density at radius 3 is 2.72 bits per heavy atom. The van der Waals surface area contributed by atoms with Crippen LogP contribution in [0.1, 0.15) is 30.6 Å². The molecule has 6 heteroatoms. The molecule has 0 aliphatic heterocycles. The Morgan fingerprint density at radius 2 is 2.17 bits per heavy atom. The number of rotatable bonds is 2. The third kappa shape index (κ3) is 3.39. The highest BCUT2D eigenvalue weighted by Crippen LogP contribution is 2.42. The fourth-order valence-electron chi connectivity index (χ4n) is 2.63. The molecule has 1 aromatic rings. The van der Waals surface area contributed by atoms with Gasteiger partial charge in [-0.1, -0.05) is 18.0 Å². The first kappa shape index (κ1) is 14.2. The van der Waals surface area contributed by atoms with Gasteiger partial charge >= 0.3 is 6.18 Å². The van der Waals surface area contributed by atoms with Crippen LogP contribution in [0.5, 0.6) is 0 Å². The average molecular weight is 298 g/mol. The predicted octanol–water partition coefficient (Wildman–Crippen LogP) is 4.39. The van der Waals surface area contributed by atoms with Crippen molar-refractivity contribution in [1.82, 2.24) is 0 Å². The van der Waals surface area contributed by atoms with E-state index < -0.39 is 17.6 Å². The Kier molecular flexibility index (Phi) is 3.95. The fraction of sp³-hybridized carbons (Fsp3) is 0.667. The van der Waals surface area contributed by atoms with Crippen molar-refractivity contribution in [2.24, 2.45) is 11.7 Å². The number of hydrogen-bond acceptors (Lipinski definition) is 2. The largest absolute Gasteiger partial charge is 0.391 e. The van der Waals surface area contributed by atoms with Crippen molar-refractivity contribution in [1.29, 1.82) is 0 Å². The zero-order valence-corrected chi connectivity index (χ0v) is 11.3. The van der Waals surface area contributed by atoms with Gasteiger partial charge in [-0.2, -0.15) is 13.2 Å². The van der Waals surface area contributed by atoms with E-state index in [2.05, 4.69) is 0 Å². The number of alkyl halides is 3. The maximum absolute atomic E-state index is 12.8. The van der Waals surface area contributed by atoms with Crippen LogP contribution in [0.4, 0.5) is 13.2 Å². The van der Waals surface area contributed by atoms with Gasteiger partial charge in [0.05, 0.1) is 10.3 Å². The Hall–Kier alpha value is -0.260. The molecule has 1 fully saturated rings. The van der Waals surface area contributed by atoms with E-state index in [1.54, 1.807) is 6.07 Å². The van der Waals surface area contributed by atoms with Crippen LogP contribution in [-0.4, -0.2) is 11.7 Å². The molecule has 1 heterocycles. The van der Waals surface area contributed by atoms with Crippen molar-refractivity contribution in [3.8, 4) is 0 Å². The lowest BCUT2D eigenvalue weighted by atomic mass is 9.74. The highest BCUT2D eigenvalue weighted by molar-refractivity contribution is 7.16. The molecule has 2 unspecified atom stereocenters. The molecular formula is C12H15ClF3NS. The van der Waals surface area contributed by atoms with Crippen LogP contribution < -0.4 is 5.73 Å². The molecule has 2 N–H and O–H groups in total. The monoisotopic (exact) mass is 297 g/mol. The second-order valence-corrected chi connectivity index (χ2v) is 6.88. The Morgan fingerprint density at radius 1 is 1.44 bits per heavy atom. The summed E-state index contributed by atoms with van der Waals surface area (Å²) in [7, 11) is 0. The molecule has 0 bridgehead atoms. The lowest BCUT2D eigenvalue weighted by Gasteiger charge is -2.38. The minimum absolute atomic E-state index is 0.0199. The van der Waals surface area contributed by atoms with Crippen LogP contribution in [0.15, 0.2) is 12.1 Å². The second kappa shape index (κ2) is 5.02. The summed E-state index contributed by atoms with van der Waals surface area (Å²) in [5, 5.41) is 0. The van der Waals surface area contributed by atoms with E-state index in [-0.39, 0.29) is 12.8 Å². The topological polar surface area (TPSA) is 26.0 Å². The summed E-state index contributed by atoms with van der Waals surface area (Å²) in [6, 6.07) is 3.60. The zero-order chi connectivity index (χ0) is 13.4. The van der Waals surface area contributed by atoms with Crippen LogP contribution in [0.25, 0.3) is 0 Å². The van der Waals surface area contributed by atoms with Gasteiger partial charge in [-0.3, -0.25) is 0 Å². The van der Waals surface area contributed by atoms with E-state index >= 15 is 0 Å². The molecule has 0 spiro atoms. The van der Waals surface area contributed by atoms with Crippen molar-refractivity contribution >= 4 is 22.9 Å². The third-order valence-electron chi connectivity index (χ3n) is 3.50. The van der Waals surface area contributed by atoms with Gasteiger partial charge in [-0.25, -0.2) is 0 Å². The molecule has 0 saturated heterocycles. The average Bonchev–Trinajstić information content (AvgIpc) is 2.62. The SMILES string of the molecule is NC1(Cc2ccc(Cl)s2)CCCC(C(F)(F)F)C1. The zero-order valence-electron chi connectivity index (χ0n) is 9.77. The van der Waals surface area contributed by atoms with Gasteiger partial charge in [0.25, 0.3) is 0 Å². The van der Waals surface area contributed by atoms with Gasteiger partial charge in [-0.15, -0.1) is 11.3 Å². The summed E-state index contributed by atoms with van der Waals surface area (Å²) >= 11 is 7.22. The Balaban J connectivity index is 2.06. The normalized spacial score (nSPS) is 29.5. The van der Waals surface area contributed by atoms with E-state index in [0.29, 0.717) is 23.6 Å². The lowest BCUT2D eigenvalue weighted by Crippen LogP contribution is -2.48. The smallest absolute Gasteiger partial charge is 0.325 e. The second-order valence-electron chi connectivity index (χ2n) is 5.08. The summed E-state index contributed by atoms with van der Waals surface area (Å²) < 4.78 is 38.9. The highest BCUT2D eigenvalue weighted by Gasteiger charge is 2.46. The van der Waals surface area contributed by atoms with Crippen LogP contribution in [0.2, 0.25) is 4.34 Å². The van der Waals surface area contributed by atoms with Crippen LogP contribution in [0.3, 0.4) is 0 Å². The van der Waals surface area contributed by atoms with Gasteiger partial charge in [0.15, 0.2) is 0 Å². The number of nitrogens with two attached hydrogens (primary N) is 1. The first-order valence-electron chi connectivity index (χ1n) is 5.88. The van der Waals surface area contributed by atoms with Crippen molar-refractivity contribution in [2.75, 3.05) is 0 Å². The van der Waals surface area contributed by atoms with Gasteiger partial charge < -0.3 is 5.73 Å². The molecule has 1 saturated carbocycles. The fourth-order valence-corrected chi connectivity index (χ4v) is 3.87. The number of hydrogen-bond donors (Lipinski definition) is 1. The standard InChI is InChI=1S/C12H15ClF3NS/c13-10-4-3-9(18-10)7-11(17)5-1-2-8(6-11)12(14,15)16/h3-4,8H,1-2,5-7,17H2. The quantitative estimate of drug-likeness (QED) is 0.860. The first-order chi connectivity index (χ1) is 8.28. The van der Waals surface area contributed by atoms with Gasteiger partial charge in [0.2, 0.25) is 0 Å². The third-order valence-corrected chi connectivity index (χ3v) is 4.73. The number of halogens is 4. The molecule has 2 atom stereocenters. The number of thiophene rings is 1. The van der Waals surface area contributed by atoms with E-state index in [4.69, 9.17) is 17.3 Å². The molecule has 1 nitrogen and oxygen atoms in total. The lowest BCUT2D eigenvalue weighted by molar-refractivity contribution is -0.187. The van der Waals surface area contributed by atoms with Gasteiger partial charge in [-0.05, 0) is 37.8 Å². The summed E-state index contributed by atoms with van der Waals surface area (Å²) in [5.74, 6) is -1.26. The highest BCUT2D eigenvalue weighted by atomic mass is 35.5. The van der Waals surface area contributed by atoms with Crippen molar-refractivity contribution < 1.29 is 13.2 Å². The molecule has 1 aliphatic rings. The summed E-state index contributed by atoms with van der Waals surface area (Å²) in [4.78, 5) is 0.963. The van der Waals surface area contributed by atoms with E-state index in [0.717, 1.165) is 4.88 Å². The minimum Gasteiger partial charge on any atom is -0.325 e. The van der Waals surface area contributed by atoms with Crippen LogP contribution in [0, 0.1) is 5.92 Å². The van der Waals surface area contributed by atoms with E-state index in [1.165, 1.54) is 11.3 Å². The molecule has 0 aromatic carbocycles. The molecule has 102 valence electrons. The molecule has 0 radical (unpaired) electrons. The molecule has 2 rings (SSSR count). The Labute approximate surface area is 113 Å². The van der Waals surface area contributed by atoms with Crippen LogP contribution >= 0.6 is 22.9 Å². The van der Waals surface area contributed by atoms with Crippen molar-refractivity contribution in [3.05, 3.63) is 21.3 Å². The van der Waals surface area contributed by atoms with Crippen LogP contribution in [-0.2, 0) is 6.42 Å². The van der Waals surface area contributed by atoms with Gasteiger partial charge in [0.1, 0.15) is 0 Å². The molecule has 1 aromatic heterocycles. The first-order valence-corrected chi connectivity index (χ1v) is 7.08. The summed E-state index contributed by atoms with van der Waals surface area (Å²) in [6.45, 7) is 0. The predicted molar refractivity (Wildman–Crippen MR) is 68.0 cm³/mol. The minimum atomic E-state index is -4.13. The maximum Gasteiger partial charge on any atom is 0.391 e. The maximum atomic E-state index is 12.8.